The smallest absolute Gasteiger partial charge is 0.0453 e. The molecule has 1 unspecified atom stereocenters. The third-order valence-electron chi connectivity index (χ3n) is 2.83. The molecular weight excluding hydrogens is 285 g/mol. The van der Waals surface area contributed by atoms with Crippen molar-refractivity contribution in [2.75, 3.05) is 6.54 Å². The molecule has 96 valence electrons. The van der Waals surface area contributed by atoms with Crippen LogP contribution in [-0.2, 0) is 6.42 Å². The second-order valence-electron chi connectivity index (χ2n) is 4.18. The maximum atomic E-state index is 6.13. The van der Waals surface area contributed by atoms with E-state index in [1.165, 1.54) is 4.88 Å². The first-order valence-corrected chi connectivity index (χ1v) is 7.51. The zero-order valence-electron chi connectivity index (χ0n) is 10.1. The van der Waals surface area contributed by atoms with Gasteiger partial charge in [0.2, 0.25) is 0 Å². The minimum absolute atomic E-state index is 0.385. The molecule has 1 nitrogen and oxygen atoms in total. The van der Waals surface area contributed by atoms with Crippen LogP contribution in [0.3, 0.4) is 0 Å². The maximum absolute atomic E-state index is 6.13. The third-order valence-corrected chi connectivity index (χ3v) is 4.47. The Balaban J connectivity index is 1.85. The summed E-state index contributed by atoms with van der Waals surface area (Å²) in [6.45, 7) is 3.08. The molecular formula is C14H15Cl2NS. The molecule has 1 aromatic carbocycles. The van der Waals surface area contributed by atoms with Gasteiger partial charge in [-0.3, -0.25) is 0 Å². The van der Waals surface area contributed by atoms with E-state index in [-0.39, 0.29) is 0 Å². The summed E-state index contributed by atoms with van der Waals surface area (Å²) >= 11 is 13.8. The van der Waals surface area contributed by atoms with Crippen molar-refractivity contribution in [3.05, 3.63) is 56.2 Å². The highest BCUT2D eigenvalue weighted by Crippen LogP contribution is 2.22. The van der Waals surface area contributed by atoms with Gasteiger partial charge in [0, 0.05) is 21.0 Å². The lowest BCUT2D eigenvalue weighted by Crippen LogP contribution is -2.20. The Hall–Kier alpha value is -0.540. The van der Waals surface area contributed by atoms with Crippen molar-refractivity contribution in [3.8, 4) is 0 Å². The number of rotatable bonds is 5. The van der Waals surface area contributed by atoms with Crippen molar-refractivity contribution in [3.63, 3.8) is 0 Å². The van der Waals surface area contributed by atoms with Crippen LogP contribution in [0.1, 0.15) is 23.4 Å². The van der Waals surface area contributed by atoms with Gasteiger partial charge in [-0.25, -0.2) is 0 Å². The molecule has 0 bridgehead atoms. The number of benzene rings is 1. The van der Waals surface area contributed by atoms with Crippen molar-refractivity contribution in [2.24, 2.45) is 0 Å². The molecule has 4 heteroatoms. The Bertz CT molecular complexity index is 497. The lowest BCUT2D eigenvalue weighted by molar-refractivity contribution is 0.585. The summed E-state index contributed by atoms with van der Waals surface area (Å²) in [4.78, 5) is 1.36. The summed E-state index contributed by atoms with van der Waals surface area (Å²) in [5, 5.41) is 7.02. The fourth-order valence-corrected chi connectivity index (χ4v) is 3.05. The van der Waals surface area contributed by atoms with Gasteiger partial charge in [-0.05, 0) is 49.0 Å². The van der Waals surface area contributed by atoms with E-state index < -0.39 is 0 Å². The Morgan fingerprint density at radius 2 is 2.11 bits per heavy atom. The van der Waals surface area contributed by atoms with E-state index in [1.807, 2.05) is 12.1 Å². The molecule has 0 aliphatic rings. The molecule has 0 fully saturated rings. The molecule has 0 saturated heterocycles. The second-order valence-corrected chi connectivity index (χ2v) is 6.00. The van der Waals surface area contributed by atoms with Gasteiger partial charge in [0.05, 0.1) is 0 Å². The molecule has 1 N–H and O–H groups in total. The molecule has 18 heavy (non-hydrogen) atoms. The molecule has 2 aromatic rings. The van der Waals surface area contributed by atoms with Gasteiger partial charge in [-0.1, -0.05) is 35.3 Å². The van der Waals surface area contributed by atoms with Crippen LogP contribution in [0, 0.1) is 0 Å². The Kier molecular flexibility index (Phi) is 5.07. The summed E-state index contributed by atoms with van der Waals surface area (Å²) in [5.74, 6) is 0. The highest BCUT2D eigenvalue weighted by Gasteiger charge is 2.06. The van der Waals surface area contributed by atoms with Crippen LogP contribution in [0.5, 0.6) is 0 Å². The van der Waals surface area contributed by atoms with E-state index in [2.05, 4.69) is 29.8 Å². The monoisotopic (exact) mass is 299 g/mol. The van der Waals surface area contributed by atoms with Crippen LogP contribution in [0.2, 0.25) is 10.0 Å². The van der Waals surface area contributed by atoms with Gasteiger partial charge in [-0.2, -0.15) is 0 Å². The van der Waals surface area contributed by atoms with E-state index in [0.29, 0.717) is 11.1 Å². The topological polar surface area (TPSA) is 12.0 Å². The number of thiophene rings is 1. The van der Waals surface area contributed by atoms with Crippen molar-refractivity contribution in [2.45, 2.75) is 19.4 Å². The fraction of sp³-hybridized carbons (Fsp3) is 0.286. The Labute approximate surface area is 122 Å². The van der Waals surface area contributed by atoms with Crippen molar-refractivity contribution >= 4 is 34.5 Å². The molecule has 1 heterocycles. The van der Waals surface area contributed by atoms with Crippen LogP contribution in [0.15, 0.2) is 35.7 Å². The molecule has 0 aliphatic carbocycles. The van der Waals surface area contributed by atoms with Gasteiger partial charge in [0.25, 0.3) is 0 Å². The second kappa shape index (κ2) is 6.58. The molecule has 1 atom stereocenters. The normalized spacial score (nSPS) is 12.6. The predicted octanol–water partition coefficient (Wildman–Crippen LogP) is 4.95. The van der Waals surface area contributed by atoms with Crippen LogP contribution in [0.25, 0.3) is 0 Å². The maximum Gasteiger partial charge on any atom is 0.0453 e. The van der Waals surface area contributed by atoms with Crippen LogP contribution < -0.4 is 5.32 Å². The Morgan fingerprint density at radius 1 is 1.28 bits per heavy atom. The minimum atomic E-state index is 0.385. The summed E-state index contributed by atoms with van der Waals surface area (Å²) in [5.41, 5.74) is 1.13. The fourth-order valence-electron chi connectivity index (χ4n) is 1.79. The summed E-state index contributed by atoms with van der Waals surface area (Å²) < 4.78 is 0. The van der Waals surface area contributed by atoms with Gasteiger partial charge in [-0.15, -0.1) is 11.3 Å². The zero-order chi connectivity index (χ0) is 13.0. The van der Waals surface area contributed by atoms with Crippen molar-refractivity contribution in [1.82, 2.24) is 5.32 Å². The third kappa shape index (κ3) is 3.72. The quantitative estimate of drug-likeness (QED) is 0.824. The first-order valence-electron chi connectivity index (χ1n) is 5.87. The Morgan fingerprint density at radius 3 is 2.78 bits per heavy atom. The molecule has 0 saturated carbocycles. The predicted molar refractivity (Wildman–Crippen MR) is 80.9 cm³/mol. The van der Waals surface area contributed by atoms with Crippen molar-refractivity contribution < 1.29 is 0 Å². The summed E-state index contributed by atoms with van der Waals surface area (Å²) in [6, 6.07) is 10.3. The largest absolute Gasteiger partial charge is 0.309 e. The molecule has 0 amide bonds. The minimum Gasteiger partial charge on any atom is -0.309 e. The number of hydrogen-bond acceptors (Lipinski definition) is 2. The van der Waals surface area contributed by atoms with Crippen LogP contribution >= 0.6 is 34.5 Å². The first-order chi connectivity index (χ1) is 8.66. The van der Waals surface area contributed by atoms with E-state index in [0.717, 1.165) is 23.6 Å². The summed E-state index contributed by atoms with van der Waals surface area (Å²) in [6.07, 6.45) is 0.908. The highest BCUT2D eigenvalue weighted by molar-refractivity contribution is 7.10. The van der Waals surface area contributed by atoms with Crippen LogP contribution in [0.4, 0.5) is 0 Å². The van der Waals surface area contributed by atoms with Crippen molar-refractivity contribution in [1.29, 1.82) is 0 Å². The lowest BCUT2D eigenvalue weighted by Gasteiger charge is -2.12. The number of halogens is 2. The van der Waals surface area contributed by atoms with E-state index in [1.54, 1.807) is 17.4 Å². The average Bonchev–Trinajstić information content (AvgIpc) is 2.85. The average molecular weight is 300 g/mol. The standard InChI is InChI=1S/C14H15Cl2NS/c1-10(14-3-2-8-18-14)17-7-6-11-4-5-12(15)9-13(11)16/h2-5,8-10,17H,6-7H2,1H3. The number of hydrogen-bond donors (Lipinski definition) is 1. The van der Waals surface area contributed by atoms with Gasteiger partial charge in [0.1, 0.15) is 0 Å². The number of nitrogens with one attached hydrogen (secondary N) is 1. The van der Waals surface area contributed by atoms with E-state index >= 15 is 0 Å². The van der Waals surface area contributed by atoms with Crippen LogP contribution in [-0.4, -0.2) is 6.54 Å². The molecule has 0 spiro atoms. The van der Waals surface area contributed by atoms with Gasteiger partial charge < -0.3 is 5.32 Å². The van der Waals surface area contributed by atoms with E-state index in [9.17, 15) is 0 Å². The molecule has 1 aromatic heterocycles. The molecule has 2 rings (SSSR count). The zero-order valence-corrected chi connectivity index (χ0v) is 12.4. The first kappa shape index (κ1) is 13.9. The van der Waals surface area contributed by atoms with E-state index in [4.69, 9.17) is 23.2 Å². The molecule has 0 radical (unpaired) electrons. The molecule has 0 aliphatic heterocycles. The van der Waals surface area contributed by atoms with Gasteiger partial charge >= 0.3 is 0 Å². The highest BCUT2D eigenvalue weighted by atomic mass is 35.5. The lowest BCUT2D eigenvalue weighted by atomic mass is 10.1. The van der Waals surface area contributed by atoms with Gasteiger partial charge in [0.15, 0.2) is 0 Å². The summed E-state index contributed by atoms with van der Waals surface area (Å²) in [7, 11) is 0. The SMILES string of the molecule is CC(NCCc1ccc(Cl)cc1Cl)c1cccs1.